The minimum Gasteiger partial charge on any atom is -0.506 e. The average molecular weight is 303 g/mol. The van der Waals surface area contributed by atoms with Crippen molar-refractivity contribution in [2.75, 3.05) is 0 Å². The van der Waals surface area contributed by atoms with Crippen molar-refractivity contribution in [2.24, 2.45) is 0 Å². The smallest absolute Gasteiger partial charge is 0.141 e. The van der Waals surface area contributed by atoms with Crippen LogP contribution in [0.2, 0.25) is 0 Å². The van der Waals surface area contributed by atoms with Crippen LogP contribution in [0.5, 0.6) is 5.75 Å². The molecule has 66 valence electrons. The van der Waals surface area contributed by atoms with Crippen LogP contribution < -0.4 is 0 Å². The molecule has 0 saturated carbocycles. The van der Waals surface area contributed by atoms with Gasteiger partial charge in [-0.1, -0.05) is 12.1 Å². The minimum absolute atomic E-state index is 0.200. The van der Waals surface area contributed by atoms with E-state index in [4.69, 9.17) is 0 Å². The van der Waals surface area contributed by atoms with E-state index in [0.29, 0.717) is 10.1 Å². The van der Waals surface area contributed by atoms with Crippen LogP contribution in [0.25, 0.3) is 10.9 Å². The van der Waals surface area contributed by atoms with E-state index in [0.717, 1.165) is 9.86 Å². The van der Waals surface area contributed by atoms with Gasteiger partial charge in [0.15, 0.2) is 0 Å². The Morgan fingerprint density at radius 2 is 2.00 bits per heavy atom. The summed E-state index contributed by atoms with van der Waals surface area (Å²) in [6.45, 7) is 0. The van der Waals surface area contributed by atoms with Gasteiger partial charge in [-0.25, -0.2) is 4.98 Å². The highest BCUT2D eigenvalue weighted by Crippen LogP contribution is 2.29. The van der Waals surface area contributed by atoms with Crippen molar-refractivity contribution in [3.8, 4) is 5.75 Å². The quantitative estimate of drug-likeness (QED) is 0.756. The summed E-state index contributed by atoms with van der Waals surface area (Å²) in [5, 5.41) is 10.4. The molecule has 0 unspecified atom stereocenters. The van der Waals surface area contributed by atoms with Crippen LogP contribution in [0.4, 0.5) is 0 Å². The second kappa shape index (κ2) is 3.27. The van der Waals surface area contributed by atoms with Crippen LogP contribution in [0.15, 0.2) is 33.3 Å². The normalized spacial score (nSPS) is 10.6. The number of aromatic nitrogens is 1. The monoisotopic (exact) mass is 301 g/mol. The lowest BCUT2D eigenvalue weighted by atomic mass is 10.2. The summed E-state index contributed by atoms with van der Waals surface area (Å²) in [4.78, 5) is 4.19. The number of nitrogens with zero attached hydrogens (tertiary/aromatic N) is 1. The van der Waals surface area contributed by atoms with E-state index >= 15 is 0 Å². The van der Waals surface area contributed by atoms with E-state index in [1.807, 2.05) is 12.1 Å². The lowest BCUT2D eigenvalue weighted by Crippen LogP contribution is -1.82. The molecule has 0 spiro atoms. The summed E-state index contributed by atoms with van der Waals surface area (Å²) in [7, 11) is 0. The third-order valence-electron chi connectivity index (χ3n) is 1.74. The van der Waals surface area contributed by atoms with Gasteiger partial charge in [-0.15, -0.1) is 0 Å². The Kier molecular flexibility index (Phi) is 2.26. The predicted octanol–water partition coefficient (Wildman–Crippen LogP) is 3.47. The predicted molar refractivity (Wildman–Crippen MR) is 58.8 cm³/mol. The number of halogens is 2. The maximum absolute atomic E-state index is 9.49. The molecule has 0 bridgehead atoms. The summed E-state index contributed by atoms with van der Waals surface area (Å²) < 4.78 is 1.58. The molecule has 0 aliphatic rings. The zero-order chi connectivity index (χ0) is 9.42. The van der Waals surface area contributed by atoms with Gasteiger partial charge in [0.25, 0.3) is 0 Å². The Morgan fingerprint density at radius 1 is 1.23 bits per heavy atom. The minimum atomic E-state index is 0.200. The number of benzene rings is 1. The molecule has 0 aliphatic heterocycles. The molecule has 4 heteroatoms. The van der Waals surface area contributed by atoms with Crippen molar-refractivity contribution < 1.29 is 5.11 Å². The molecule has 1 aromatic heterocycles. The third kappa shape index (κ3) is 1.56. The van der Waals surface area contributed by atoms with E-state index in [-0.39, 0.29) is 5.75 Å². The molecule has 1 heterocycles. The van der Waals surface area contributed by atoms with Gasteiger partial charge in [-0.3, -0.25) is 0 Å². The fourth-order valence-corrected chi connectivity index (χ4v) is 1.76. The summed E-state index contributed by atoms with van der Waals surface area (Å²) in [5.74, 6) is 0.200. The van der Waals surface area contributed by atoms with Gasteiger partial charge in [-0.2, -0.15) is 0 Å². The maximum Gasteiger partial charge on any atom is 0.141 e. The second-order valence-corrected chi connectivity index (χ2v) is 4.22. The first-order valence-electron chi connectivity index (χ1n) is 3.62. The van der Waals surface area contributed by atoms with E-state index in [2.05, 4.69) is 36.8 Å². The number of aromatic hydroxyl groups is 1. The molecule has 0 saturated heterocycles. The summed E-state index contributed by atoms with van der Waals surface area (Å²) in [5.41, 5.74) is 0.609. The van der Waals surface area contributed by atoms with Gasteiger partial charge in [0, 0.05) is 5.39 Å². The van der Waals surface area contributed by atoms with Crippen LogP contribution in [0.3, 0.4) is 0 Å². The van der Waals surface area contributed by atoms with E-state index in [1.165, 1.54) is 0 Å². The van der Waals surface area contributed by atoms with Gasteiger partial charge >= 0.3 is 0 Å². The largest absolute Gasteiger partial charge is 0.506 e. The molecule has 0 fully saturated rings. The van der Waals surface area contributed by atoms with Crippen molar-refractivity contribution in [3.05, 3.63) is 33.3 Å². The topological polar surface area (TPSA) is 33.1 Å². The Balaban J connectivity index is 2.89. The van der Waals surface area contributed by atoms with Crippen LogP contribution in [-0.2, 0) is 0 Å². The molecular formula is C9H5Br2NO. The molecular weight excluding hydrogens is 298 g/mol. The molecule has 0 amide bonds. The van der Waals surface area contributed by atoms with Crippen molar-refractivity contribution in [2.45, 2.75) is 0 Å². The number of rotatable bonds is 0. The molecule has 0 radical (unpaired) electrons. The average Bonchev–Trinajstić information content (AvgIpc) is 2.09. The van der Waals surface area contributed by atoms with Gasteiger partial charge in [-0.05, 0) is 44.0 Å². The van der Waals surface area contributed by atoms with E-state index in [9.17, 15) is 5.11 Å². The highest BCUT2D eigenvalue weighted by atomic mass is 79.9. The number of para-hydroxylation sites is 1. The highest BCUT2D eigenvalue weighted by molar-refractivity contribution is 9.13. The maximum atomic E-state index is 9.49. The zero-order valence-corrected chi connectivity index (χ0v) is 9.63. The first-order valence-corrected chi connectivity index (χ1v) is 5.21. The van der Waals surface area contributed by atoms with E-state index in [1.54, 1.807) is 12.1 Å². The number of phenols is 1. The number of hydrogen-bond acceptors (Lipinski definition) is 2. The van der Waals surface area contributed by atoms with Gasteiger partial charge in [0.1, 0.15) is 15.9 Å². The van der Waals surface area contributed by atoms with Crippen molar-refractivity contribution >= 4 is 42.8 Å². The lowest BCUT2D eigenvalue weighted by molar-refractivity contribution is 0.480. The zero-order valence-electron chi connectivity index (χ0n) is 6.46. The standard InChI is InChI=1S/C9H5Br2NO/c10-6-4-5-2-1-3-7(13)8(5)12-9(6)11/h1-4,13H. The van der Waals surface area contributed by atoms with Crippen molar-refractivity contribution in [1.82, 2.24) is 4.98 Å². The molecule has 2 aromatic rings. The first-order chi connectivity index (χ1) is 6.18. The SMILES string of the molecule is Oc1cccc2cc(Br)c(Br)nc12. The molecule has 0 atom stereocenters. The van der Waals surface area contributed by atoms with Crippen LogP contribution in [0, 0.1) is 0 Å². The van der Waals surface area contributed by atoms with Crippen LogP contribution >= 0.6 is 31.9 Å². The molecule has 13 heavy (non-hydrogen) atoms. The van der Waals surface area contributed by atoms with Gasteiger partial charge < -0.3 is 5.11 Å². The fourth-order valence-electron chi connectivity index (χ4n) is 1.13. The first kappa shape index (κ1) is 8.97. The number of hydrogen-bond donors (Lipinski definition) is 1. The van der Waals surface area contributed by atoms with E-state index < -0.39 is 0 Å². The molecule has 2 rings (SSSR count). The fraction of sp³-hybridized carbons (Fsp3) is 0. The van der Waals surface area contributed by atoms with Gasteiger partial charge in [0.2, 0.25) is 0 Å². The second-order valence-electron chi connectivity index (χ2n) is 2.61. The number of fused-ring (bicyclic) bond motifs is 1. The van der Waals surface area contributed by atoms with Crippen molar-refractivity contribution in [1.29, 1.82) is 0 Å². The molecule has 0 aliphatic carbocycles. The summed E-state index contributed by atoms with van der Waals surface area (Å²) >= 11 is 6.63. The summed E-state index contributed by atoms with van der Waals surface area (Å²) in [6, 6.07) is 7.22. The molecule has 1 aromatic carbocycles. The molecule has 1 N–H and O–H groups in total. The highest BCUT2D eigenvalue weighted by Gasteiger charge is 2.04. The Labute approximate surface area is 91.9 Å². The summed E-state index contributed by atoms with van der Waals surface area (Å²) in [6.07, 6.45) is 0. The molecule has 2 nitrogen and oxygen atoms in total. The number of pyridine rings is 1. The van der Waals surface area contributed by atoms with Gasteiger partial charge in [0.05, 0.1) is 4.47 Å². The Morgan fingerprint density at radius 3 is 2.77 bits per heavy atom. The van der Waals surface area contributed by atoms with Crippen molar-refractivity contribution in [3.63, 3.8) is 0 Å². The van der Waals surface area contributed by atoms with Crippen LogP contribution in [0.1, 0.15) is 0 Å². The lowest BCUT2D eigenvalue weighted by Gasteiger charge is -2.01. The number of phenolic OH excluding ortho intramolecular Hbond substituents is 1. The van der Waals surface area contributed by atoms with Crippen LogP contribution in [-0.4, -0.2) is 10.1 Å². The Hall–Kier alpha value is -0.610. The Bertz CT molecular complexity index is 470. The third-order valence-corrected chi connectivity index (χ3v) is 3.48.